The zero-order valence-corrected chi connectivity index (χ0v) is 27.2. The van der Waals surface area contributed by atoms with Gasteiger partial charge in [-0.15, -0.1) is 0 Å². The lowest BCUT2D eigenvalue weighted by molar-refractivity contribution is 0.0536. The largest absolute Gasteiger partial charge is 0.497 e. The van der Waals surface area contributed by atoms with Gasteiger partial charge in [0.1, 0.15) is 5.75 Å². The van der Waals surface area contributed by atoms with Gasteiger partial charge in [0.2, 0.25) is 0 Å². The van der Waals surface area contributed by atoms with Crippen LogP contribution in [-0.4, -0.2) is 67.6 Å². The maximum Gasteiger partial charge on any atom is 0.275 e. The number of rotatable bonds is 12. The molecule has 2 aromatic carbocycles. The van der Waals surface area contributed by atoms with Gasteiger partial charge in [-0.2, -0.15) is 0 Å². The molecule has 9 heteroatoms. The first-order valence-electron chi connectivity index (χ1n) is 15.4. The molecule has 3 aromatic rings. The van der Waals surface area contributed by atoms with E-state index in [9.17, 15) is 9.59 Å². The molecule has 2 heterocycles. The second kappa shape index (κ2) is 15.2. The van der Waals surface area contributed by atoms with Gasteiger partial charge in [0.25, 0.3) is 11.8 Å². The Morgan fingerprint density at radius 1 is 1.00 bits per heavy atom. The third-order valence-corrected chi connectivity index (χ3v) is 9.07. The Balaban J connectivity index is 1.34. The van der Waals surface area contributed by atoms with E-state index in [1.807, 2.05) is 45.3 Å². The van der Waals surface area contributed by atoms with Crippen molar-refractivity contribution in [1.82, 2.24) is 20.7 Å². The lowest BCUT2D eigenvalue weighted by Crippen LogP contribution is -2.48. The number of pyridine rings is 1. The first-order valence-corrected chi connectivity index (χ1v) is 15.4. The Kier molecular flexibility index (Phi) is 11.4. The van der Waals surface area contributed by atoms with Crippen molar-refractivity contribution in [3.05, 3.63) is 87.7 Å². The predicted molar refractivity (Wildman–Crippen MR) is 174 cm³/mol. The summed E-state index contributed by atoms with van der Waals surface area (Å²) in [6.45, 7) is 13.4. The normalized spacial score (nSPS) is 14.6. The van der Waals surface area contributed by atoms with Crippen LogP contribution in [0, 0.1) is 27.7 Å². The number of carbonyl (C=O) groups is 2. The lowest BCUT2D eigenvalue weighted by Gasteiger charge is -2.42. The minimum Gasteiger partial charge on any atom is -0.497 e. The van der Waals surface area contributed by atoms with Gasteiger partial charge < -0.3 is 19.9 Å². The van der Waals surface area contributed by atoms with Gasteiger partial charge in [0.05, 0.1) is 14.2 Å². The number of aryl methyl sites for hydroxylation is 2. The van der Waals surface area contributed by atoms with E-state index in [0.29, 0.717) is 29.8 Å². The minimum absolute atomic E-state index is 0.112. The molecule has 0 saturated carbocycles. The molecule has 0 aliphatic carbocycles. The number of piperidine rings is 1. The van der Waals surface area contributed by atoms with E-state index < -0.39 is 0 Å². The first-order chi connectivity index (χ1) is 21.1. The van der Waals surface area contributed by atoms with E-state index in [1.165, 1.54) is 23.9 Å². The molecular weight excluding hydrogens is 554 g/mol. The van der Waals surface area contributed by atoms with E-state index >= 15 is 0 Å². The van der Waals surface area contributed by atoms with Gasteiger partial charge in [-0.25, -0.2) is 5.48 Å². The van der Waals surface area contributed by atoms with Crippen LogP contribution in [-0.2, 0) is 11.4 Å². The third-order valence-electron chi connectivity index (χ3n) is 9.07. The summed E-state index contributed by atoms with van der Waals surface area (Å²) in [7, 11) is 3.10. The highest BCUT2D eigenvalue weighted by molar-refractivity contribution is 6.01. The van der Waals surface area contributed by atoms with Crippen molar-refractivity contribution in [1.29, 1.82) is 0 Å². The van der Waals surface area contributed by atoms with E-state index in [-0.39, 0.29) is 11.8 Å². The molecule has 1 atom stereocenters. The van der Waals surface area contributed by atoms with Crippen LogP contribution in [0.25, 0.3) is 0 Å². The maximum atomic E-state index is 13.1. The number of methoxy groups -OCH3 is 1. The Hall–Kier alpha value is -3.95. The number of hydrogen-bond donors (Lipinski definition) is 2. The quantitative estimate of drug-likeness (QED) is 0.272. The highest BCUT2D eigenvalue weighted by atomic mass is 16.6. The number of nitrogens with zero attached hydrogens (tertiary/aromatic N) is 3. The van der Waals surface area contributed by atoms with Crippen molar-refractivity contribution in [3.8, 4) is 5.75 Å². The Bertz CT molecular complexity index is 1430. The van der Waals surface area contributed by atoms with Crippen LogP contribution in [0.1, 0.15) is 74.7 Å². The summed E-state index contributed by atoms with van der Waals surface area (Å²) >= 11 is 0. The summed E-state index contributed by atoms with van der Waals surface area (Å²) < 4.78 is 5.40. The molecule has 0 bridgehead atoms. The van der Waals surface area contributed by atoms with E-state index in [1.54, 1.807) is 13.2 Å². The monoisotopic (exact) mass is 601 g/mol. The van der Waals surface area contributed by atoms with Gasteiger partial charge >= 0.3 is 0 Å². The number of carbonyl (C=O) groups excluding carboxylic acids is 2. The van der Waals surface area contributed by atoms with Gasteiger partial charge in [-0.1, -0.05) is 0 Å². The van der Waals surface area contributed by atoms with Crippen LogP contribution in [0.2, 0.25) is 0 Å². The Morgan fingerprint density at radius 2 is 1.70 bits per heavy atom. The average Bonchev–Trinajstić information content (AvgIpc) is 3.02. The zero-order valence-electron chi connectivity index (χ0n) is 27.2. The van der Waals surface area contributed by atoms with Crippen LogP contribution in [0.4, 0.5) is 5.69 Å². The van der Waals surface area contributed by atoms with Gasteiger partial charge in [0.15, 0.2) is 0 Å². The number of nitrogens with one attached hydrogen (secondary N) is 2. The van der Waals surface area contributed by atoms with Crippen molar-refractivity contribution < 1.29 is 19.2 Å². The molecule has 1 aliphatic rings. The molecule has 2 amide bonds. The highest BCUT2D eigenvalue weighted by Gasteiger charge is 2.28. The number of hydrogen-bond acceptors (Lipinski definition) is 7. The Labute approximate surface area is 261 Å². The molecule has 1 aliphatic heterocycles. The van der Waals surface area contributed by atoms with Gasteiger partial charge in [-0.05, 0) is 118 Å². The fraction of sp³-hybridized carbons (Fsp3) is 0.457. The highest BCUT2D eigenvalue weighted by Crippen LogP contribution is 2.29. The summed E-state index contributed by atoms with van der Waals surface area (Å²) in [5.74, 6) is 0.433. The molecule has 1 fully saturated rings. The van der Waals surface area contributed by atoms with Crippen LogP contribution < -0.4 is 20.4 Å². The molecule has 44 heavy (non-hydrogen) atoms. The standard InChI is InChI=1S/C35H47N5O4/c1-23-12-16-36-21-28(23)22-40(29-8-10-31(43-6)11-9-29)30-14-18-39(19-15-30)25(3)13-17-37-34(41)32-20-24(2)33(27(5)26(32)4)35(42)38-44-7/h8-12,16,20-21,25,30H,13-15,17-19,22H2,1-7H3,(H,37,41)(H,38,42). The summed E-state index contributed by atoms with van der Waals surface area (Å²) in [6.07, 6.45) is 6.81. The number of likely N-dealkylation sites (tertiary alicyclic amines) is 1. The number of aromatic nitrogens is 1. The fourth-order valence-corrected chi connectivity index (χ4v) is 6.17. The van der Waals surface area contributed by atoms with E-state index in [4.69, 9.17) is 9.57 Å². The molecule has 1 aromatic heterocycles. The minimum atomic E-state index is -0.311. The molecule has 9 nitrogen and oxygen atoms in total. The molecule has 0 radical (unpaired) electrons. The van der Waals surface area contributed by atoms with Crippen LogP contribution in [0.15, 0.2) is 48.8 Å². The molecular formula is C35H47N5O4. The summed E-state index contributed by atoms with van der Waals surface area (Å²) in [6, 6.07) is 13.0. The molecule has 1 saturated heterocycles. The van der Waals surface area contributed by atoms with Crippen molar-refractivity contribution in [2.45, 2.75) is 72.5 Å². The summed E-state index contributed by atoms with van der Waals surface area (Å²) in [5, 5.41) is 3.11. The first kappa shape index (κ1) is 33.0. The van der Waals surface area contributed by atoms with Crippen LogP contribution in [0.3, 0.4) is 0 Å². The van der Waals surface area contributed by atoms with Crippen molar-refractivity contribution in [2.24, 2.45) is 0 Å². The van der Waals surface area contributed by atoms with Gasteiger partial charge in [-0.3, -0.25) is 19.4 Å². The second-order valence-electron chi connectivity index (χ2n) is 11.8. The van der Waals surface area contributed by atoms with Crippen LogP contribution >= 0.6 is 0 Å². The van der Waals surface area contributed by atoms with Crippen LogP contribution in [0.5, 0.6) is 5.75 Å². The lowest BCUT2D eigenvalue weighted by atomic mass is 9.93. The number of amides is 2. The maximum absolute atomic E-state index is 13.1. The van der Waals surface area contributed by atoms with Gasteiger partial charge in [0, 0.05) is 67.5 Å². The molecule has 1 unspecified atom stereocenters. The Morgan fingerprint density at radius 3 is 2.34 bits per heavy atom. The summed E-state index contributed by atoms with van der Waals surface area (Å²) in [5.41, 5.74) is 9.52. The number of benzene rings is 2. The fourth-order valence-electron chi connectivity index (χ4n) is 6.17. The predicted octanol–water partition coefficient (Wildman–Crippen LogP) is 5.29. The molecule has 2 N–H and O–H groups in total. The average molecular weight is 602 g/mol. The SMILES string of the molecule is CONC(=O)c1c(C)cc(C(=O)NCCC(C)N2CCC(N(Cc3cnccc3C)c3ccc(OC)cc3)CC2)c(C)c1C. The van der Waals surface area contributed by atoms with Crippen molar-refractivity contribution >= 4 is 17.5 Å². The molecule has 0 spiro atoms. The number of ether oxygens (including phenoxy) is 1. The topological polar surface area (TPSA) is 96.0 Å². The summed E-state index contributed by atoms with van der Waals surface area (Å²) in [4.78, 5) is 39.8. The second-order valence-corrected chi connectivity index (χ2v) is 11.8. The zero-order chi connectivity index (χ0) is 31.8. The van der Waals surface area contributed by atoms with E-state index in [2.05, 4.69) is 57.6 Å². The number of hydroxylamine groups is 1. The number of anilines is 1. The third kappa shape index (κ3) is 7.76. The van der Waals surface area contributed by atoms with E-state index in [0.717, 1.165) is 61.3 Å². The molecule has 236 valence electrons. The van der Waals surface area contributed by atoms with Crippen molar-refractivity contribution in [2.75, 3.05) is 38.8 Å². The molecule has 4 rings (SSSR count). The van der Waals surface area contributed by atoms with Crippen molar-refractivity contribution in [3.63, 3.8) is 0 Å². The smallest absolute Gasteiger partial charge is 0.275 e.